The minimum absolute atomic E-state index is 0.0448. The maximum atomic E-state index is 14.7. The maximum absolute atomic E-state index is 14.7. The molecule has 2 aliphatic heterocycles. The average Bonchev–Trinajstić information content (AvgIpc) is 2.78. The van der Waals surface area contributed by atoms with Gasteiger partial charge in [0.05, 0.1) is 30.9 Å². The Kier molecular flexibility index (Phi) is 8.51. The van der Waals surface area contributed by atoms with Gasteiger partial charge < -0.3 is 25.0 Å². The third-order valence-electron chi connectivity index (χ3n) is 5.98. The lowest BCUT2D eigenvalue weighted by Gasteiger charge is -2.33. The van der Waals surface area contributed by atoms with E-state index in [1.54, 1.807) is 6.07 Å². The van der Waals surface area contributed by atoms with E-state index in [4.69, 9.17) is 9.73 Å². The highest BCUT2D eigenvalue weighted by Gasteiger charge is 2.27. The molecule has 0 aliphatic carbocycles. The number of halogens is 1. The van der Waals surface area contributed by atoms with Gasteiger partial charge in [0.2, 0.25) is 0 Å². The molecule has 2 heterocycles. The number of anilines is 1. The summed E-state index contributed by atoms with van der Waals surface area (Å²) in [5, 5.41) is 13.0. The molecular formula is C23H35FN4O3. The van der Waals surface area contributed by atoms with Crippen LogP contribution in [-0.4, -0.2) is 67.4 Å². The van der Waals surface area contributed by atoms with E-state index in [0.717, 1.165) is 44.0 Å². The number of piperidine rings is 2. The Morgan fingerprint density at radius 1 is 1.19 bits per heavy atom. The molecule has 3 rings (SSSR count). The quantitative estimate of drug-likeness (QED) is 0.407. The normalized spacial score (nSPS) is 18.9. The lowest BCUT2D eigenvalue weighted by molar-refractivity contribution is -0.149. The van der Waals surface area contributed by atoms with Crippen LogP contribution < -0.4 is 10.2 Å². The van der Waals surface area contributed by atoms with Crippen LogP contribution in [0.25, 0.3) is 0 Å². The number of carbonyl (C=O) groups is 1. The molecule has 0 atom stereocenters. The summed E-state index contributed by atoms with van der Waals surface area (Å²) < 4.78 is 19.9. The first-order chi connectivity index (χ1) is 15.0. The number of hydrogen-bond donors (Lipinski definition) is 2. The van der Waals surface area contributed by atoms with Crippen LogP contribution in [-0.2, 0) is 16.1 Å². The van der Waals surface area contributed by atoms with E-state index in [1.165, 1.54) is 0 Å². The highest BCUT2D eigenvalue weighted by molar-refractivity contribution is 5.80. The van der Waals surface area contributed by atoms with Crippen LogP contribution in [0.15, 0.2) is 23.2 Å². The number of nitrogens with one attached hydrogen (secondary N) is 1. The fourth-order valence-electron chi connectivity index (χ4n) is 4.19. The Balaban J connectivity index is 1.60. The number of carbonyl (C=O) groups excluding carboxylic acids is 1. The first-order valence-corrected chi connectivity index (χ1v) is 11.4. The van der Waals surface area contributed by atoms with Crippen molar-refractivity contribution >= 4 is 17.6 Å². The second-order valence-electron chi connectivity index (χ2n) is 8.19. The van der Waals surface area contributed by atoms with Crippen LogP contribution in [0.4, 0.5) is 10.1 Å². The van der Waals surface area contributed by atoms with E-state index in [2.05, 4.69) is 10.2 Å². The zero-order valence-corrected chi connectivity index (χ0v) is 18.6. The van der Waals surface area contributed by atoms with E-state index in [-0.39, 0.29) is 23.8 Å². The number of guanidine groups is 1. The summed E-state index contributed by atoms with van der Waals surface area (Å²) in [5.41, 5.74) is 1.41. The maximum Gasteiger partial charge on any atom is 0.309 e. The molecule has 7 nitrogen and oxygen atoms in total. The van der Waals surface area contributed by atoms with Crippen molar-refractivity contribution in [3.8, 4) is 0 Å². The topological polar surface area (TPSA) is 77.4 Å². The summed E-state index contributed by atoms with van der Waals surface area (Å²) in [4.78, 5) is 20.8. The summed E-state index contributed by atoms with van der Waals surface area (Å²) in [6, 6.07) is 5.29. The SMILES string of the molecule is CCNC(=NCc1ccc(N2CCC(O)CC2)c(F)c1)N1CCC(C(=O)OCC)CC1. The monoisotopic (exact) mass is 434 g/mol. The first-order valence-electron chi connectivity index (χ1n) is 11.4. The molecule has 1 aromatic rings. The summed E-state index contributed by atoms with van der Waals surface area (Å²) in [7, 11) is 0. The van der Waals surface area contributed by atoms with Gasteiger partial charge in [0, 0.05) is 32.7 Å². The third kappa shape index (κ3) is 6.32. The van der Waals surface area contributed by atoms with Crippen molar-refractivity contribution in [2.24, 2.45) is 10.9 Å². The van der Waals surface area contributed by atoms with Gasteiger partial charge >= 0.3 is 5.97 Å². The van der Waals surface area contributed by atoms with Crippen LogP contribution in [0.1, 0.15) is 45.1 Å². The largest absolute Gasteiger partial charge is 0.466 e. The molecule has 0 aromatic heterocycles. The van der Waals surface area contributed by atoms with Crippen molar-refractivity contribution < 1.29 is 19.0 Å². The minimum atomic E-state index is -0.278. The van der Waals surface area contributed by atoms with Gasteiger partial charge in [-0.1, -0.05) is 6.07 Å². The molecule has 0 amide bonds. The van der Waals surface area contributed by atoms with Crippen molar-refractivity contribution in [1.29, 1.82) is 0 Å². The second kappa shape index (κ2) is 11.3. The standard InChI is InChI=1S/C23H35FN4O3/c1-3-25-23(28-11-7-18(8-12-28)22(30)31-4-2)26-16-17-5-6-21(20(24)15-17)27-13-9-19(29)10-14-27/h5-6,15,18-19,29H,3-4,7-14,16H2,1-2H3,(H,25,26). The van der Waals surface area contributed by atoms with E-state index < -0.39 is 0 Å². The lowest BCUT2D eigenvalue weighted by atomic mass is 9.97. The molecule has 31 heavy (non-hydrogen) atoms. The van der Waals surface area contributed by atoms with E-state index in [0.29, 0.717) is 44.8 Å². The second-order valence-corrected chi connectivity index (χ2v) is 8.19. The van der Waals surface area contributed by atoms with E-state index in [9.17, 15) is 14.3 Å². The zero-order valence-electron chi connectivity index (χ0n) is 18.6. The Bertz CT molecular complexity index is 757. The van der Waals surface area contributed by atoms with Crippen LogP contribution in [0.3, 0.4) is 0 Å². The molecule has 1 aromatic carbocycles. The molecular weight excluding hydrogens is 399 g/mol. The van der Waals surface area contributed by atoms with E-state index >= 15 is 0 Å². The van der Waals surface area contributed by atoms with Crippen molar-refractivity contribution in [2.75, 3.05) is 44.2 Å². The number of aliphatic hydroxyl groups excluding tert-OH is 1. The van der Waals surface area contributed by atoms with Crippen molar-refractivity contribution in [3.63, 3.8) is 0 Å². The summed E-state index contributed by atoms with van der Waals surface area (Å²) in [6.07, 6.45) is 2.56. The number of aliphatic imine (C=N–C) groups is 1. The fraction of sp³-hybridized carbons (Fsp3) is 0.652. The molecule has 0 bridgehead atoms. The summed E-state index contributed by atoms with van der Waals surface area (Å²) >= 11 is 0. The zero-order chi connectivity index (χ0) is 22.2. The van der Waals surface area contributed by atoms with Crippen LogP contribution in [0.5, 0.6) is 0 Å². The molecule has 2 aliphatic rings. The number of ether oxygens (including phenoxy) is 1. The number of likely N-dealkylation sites (tertiary alicyclic amines) is 1. The lowest BCUT2D eigenvalue weighted by Crippen LogP contribution is -2.46. The molecule has 2 N–H and O–H groups in total. The van der Waals surface area contributed by atoms with Crippen LogP contribution in [0.2, 0.25) is 0 Å². The molecule has 2 saturated heterocycles. The highest BCUT2D eigenvalue weighted by Crippen LogP contribution is 2.25. The number of esters is 1. The van der Waals surface area contributed by atoms with Gasteiger partial charge in [-0.15, -0.1) is 0 Å². The number of rotatable bonds is 6. The Labute approximate surface area is 184 Å². The predicted octanol–water partition coefficient (Wildman–Crippen LogP) is 2.53. The molecule has 0 saturated carbocycles. The number of aliphatic hydroxyl groups is 1. The fourth-order valence-corrected chi connectivity index (χ4v) is 4.19. The number of benzene rings is 1. The van der Waals surface area contributed by atoms with Gasteiger partial charge in [0.25, 0.3) is 0 Å². The van der Waals surface area contributed by atoms with Gasteiger partial charge in [-0.05, 0) is 57.2 Å². The smallest absolute Gasteiger partial charge is 0.309 e. The van der Waals surface area contributed by atoms with Gasteiger partial charge in [-0.25, -0.2) is 9.38 Å². The van der Waals surface area contributed by atoms with Crippen molar-refractivity contribution in [3.05, 3.63) is 29.6 Å². The minimum Gasteiger partial charge on any atom is -0.466 e. The van der Waals surface area contributed by atoms with Gasteiger partial charge in [-0.2, -0.15) is 0 Å². The molecule has 0 unspecified atom stereocenters. The Morgan fingerprint density at radius 2 is 1.90 bits per heavy atom. The Morgan fingerprint density at radius 3 is 2.52 bits per heavy atom. The highest BCUT2D eigenvalue weighted by atomic mass is 19.1. The molecule has 0 spiro atoms. The Hall–Kier alpha value is -2.35. The van der Waals surface area contributed by atoms with E-state index in [1.807, 2.05) is 30.9 Å². The van der Waals surface area contributed by atoms with Gasteiger partial charge in [0.1, 0.15) is 5.82 Å². The predicted molar refractivity (Wildman–Crippen MR) is 120 cm³/mol. The first kappa shape index (κ1) is 23.3. The molecule has 172 valence electrons. The molecule has 8 heteroatoms. The third-order valence-corrected chi connectivity index (χ3v) is 5.98. The average molecular weight is 435 g/mol. The van der Waals surface area contributed by atoms with Crippen molar-refractivity contribution in [1.82, 2.24) is 10.2 Å². The van der Waals surface area contributed by atoms with Gasteiger partial charge in [-0.3, -0.25) is 4.79 Å². The summed E-state index contributed by atoms with van der Waals surface area (Å²) in [6.45, 7) is 8.20. The number of hydrogen-bond acceptors (Lipinski definition) is 5. The van der Waals surface area contributed by atoms with Gasteiger partial charge in [0.15, 0.2) is 5.96 Å². The number of nitrogens with zero attached hydrogens (tertiary/aromatic N) is 3. The molecule has 2 fully saturated rings. The van der Waals surface area contributed by atoms with Crippen LogP contribution >= 0.6 is 0 Å². The molecule has 0 radical (unpaired) electrons. The summed E-state index contributed by atoms with van der Waals surface area (Å²) in [5.74, 6) is 0.392. The van der Waals surface area contributed by atoms with Crippen LogP contribution in [0, 0.1) is 11.7 Å². The van der Waals surface area contributed by atoms with Crippen molar-refractivity contribution in [2.45, 2.75) is 52.2 Å².